The molecule has 0 spiro atoms. The van der Waals surface area contributed by atoms with Gasteiger partial charge in [-0.3, -0.25) is 9.13 Å². The van der Waals surface area contributed by atoms with Gasteiger partial charge in [0.25, 0.3) is 0 Å². The molecule has 28 heavy (non-hydrogen) atoms. The lowest BCUT2D eigenvalue weighted by Gasteiger charge is -2.15. The largest absolute Gasteiger partial charge is 0.361 e. The number of terminal acetylenes is 1. The molecule has 0 saturated heterocycles. The van der Waals surface area contributed by atoms with Crippen LogP contribution in [-0.2, 0) is 11.5 Å². The molecule has 1 atom stereocenters. The number of rotatable bonds is 7. The molecule has 7 heteroatoms. The molecule has 3 rings (SSSR count). The standard InChI is InChI=1S/C21H26N4O2Si/c1-6-19-22-14-18-20(23-19)25(16(2)17-10-8-7-9-11-17)21(26)24(18)15-27-12-13-28(3,4)5/h1,7-11,14,16H,12-13,15H2,2-5H3/t16-/m1/s1. The van der Waals surface area contributed by atoms with Crippen LogP contribution in [0.5, 0.6) is 0 Å². The number of hydrogen-bond acceptors (Lipinski definition) is 4. The summed E-state index contributed by atoms with van der Waals surface area (Å²) in [6, 6.07) is 10.7. The number of imidazole rings is 1. The van der Waals surface area contributed by atoms with Crippen molar-refractivity contribution in [3.8, 4) is 12.3 Å². The van der Waals surface area contributed by atoms with Crippen LogP contribution in [0.2, 0.25) is 25.7 Å². The van der Waals surface area contributed by atoms with E-state index in [9.17, 15) is 4.79 Å². The highest BCUT2D eigenvalue weighted by Gasteiger charge is 2.21. The second kappa shape index (κ2) is 8.13. The summed E-state index contributed by atoms with van der Waals surface area (Å²) in [5.74, 6) is 2.71. The minimum atomic E-state index is -1.20. The first-order chi connectivity index (χ1) is 13.3. The van der Waals surface area contributed by atoms with E-state index in [1.54, 1.807) is 15.3 Å². The third-order valence-electron chi connectivity index (χ3n) is 4.72. The number of aromatic nitrogens is 4. The van der Waals surface area contributed by atoms with Gasteiger partial charge in [0.05, 0.1) is 12.2 Å². The summed E-state index contributed by atoms with van der Waals surface area (Å²) in [4.78, 5) is 21.8. The molecule has 0 aliphatic heterocycles. The zero-order valence-corrected chi connectivity index (χ0v) is 17.8. The molecule has 6 nitrogen and oxygen atoms in total. The Kier molecular flexibility index (Phi) is 5.82. The van der Waals surface area contributed by atoms with Gasteiger partial charge < -0.3 is 4.74 Å². The van der Waals surface area contributed by atoms with Gasteiger partial charge in [-0.15, -0.1) is 6.42 Å². The maximum atomic E-state index is 13.2. The Balaban J connectivity index is 2.02. The van der Waals surface area contributed by atoms with E-state index in [0.29, 0.717) is 17.8 Å². The van der Waals surface area contributed by atoms with E-state index >= 15 is 0 Å². The Morgan fingerprint density at radius 3 is 2.61 bits per heavy atom. The summed E-state index contributed by atoms with van der Waals surface area (Å²) in [6.45, 7) is 9.67. The molecule has 0 unspecified atom stereocenters. The maximum Gasteiger partial charge on any atom is 0.332 e. The van der Waals surface area contributed by atoms with E-state index in [0.717, 1.165) is 11.6 Å². The quantitative estimate of drug-likeness (QED) is 0.350. The Morgan fingerprint density at radius 1 is 1.25 bits per heavy atom. The molecular weight excluding hydrogens is 368 g/mol. The molecule has 3 aromatic rings. The van der Waals surface area contributed by atoms with Crippen LogP contribution in [0.3, 0.4) is 0 Å². The van der Waals surface area contributed by atoms with Gasteiger partial charge in [-0.25, -0.2) is 14.8 Å². The van der Waals surface area contributed by atoms with Crippen LogP contribution in [0.25, 0.3) is 11.2 Å². The van der Waals surface area contributed by atoms with E-state index in [1.807, 2.05) is 37.3 Å². The average molecular weight is 395 g/mol. The first kappa shape index (κ1) is 20.1. The fourth-order valence-electron chi connectivity index (χ4n) is 3.02. The smallest absolute Gasteiger partial charge is 0.332 e. The van der Waals surface area contributed by atoms with E-state index in [1.165, 1.54) is 0 Å². The van der Waals surface area contributed by atoms with Crippen LogP contribution in [0.15, 0.2) is 41.3 Å². The first-order valence-corrected chi connectivity index (χ1v) is 13.1. The number of benzene rings is 1. The molecule has 0 aliphatic rings. The number of ether oxygens (including phenoxy) is 1. The van der Waals surface area contributed by atoms with Crippen LogP contribution < -0.4 is 5.69 Å². The average Bonchev–Trinajstić information content (AvgIpc) is 2.95. The summed E-state index contributed by atoms with van der Waals surface area (Å²) in [5, 5.41) is 0. The Morgan fingerprint density at radius 2 is 1.96 bits per heavy atom. The van der Waals surface area contributed by atoms with E-state index < -0.39 is 8.07 Å². The molecular formula is C21H26N4O2Si. The third-order valence-corrected chi connectivity index (χ3v) is 6.43. The van der Waals surface area contributed by atoms with Gasteiger partial charge >= 0.3 is 5.69 Å². The normalized spacial score (nSPS) is 12.8. The minimum absolute atomic E-state index is 0.174. The van der Waals surface area contributed by atoms with E-state index in [4.69, 9.17) is 11.2 Å². The van der Waals surface area contributed by atoms with Crippen molar-refractivity contribution in [2.24, 2.45) is 0 Å². The highest BCUT2D eigenvalue weighted by atomic mass is 28.3. The fourth-order valence-corrected chi connectivity index (χ4v) is 3.77. The van der Waals surface area contributed by atoms with Crippen LogP contribution in [0, 0.1) is 12.3 Å². The van der Waals surface area contributed by atoms with E-state index in [-0.39, 0.29) is 24.3 Å². The zero-order valence-electron chi connectivity index (χ0n) is 16.8. The SMILES string of the molecule is C#Cc1ncc2c(n1)n([C@H](C)c1ccccc1)c(=O)n2COCC[Si](C)(C)C. The van der Waals surface area contributed by atoms with Crippen LogP contribution >= 0.6 is 0 Å². The van der Waals surface area contributed by atoms with Crippen molar-refractivity contribution in [3.05, 3.63) is 58.4 Å². The monoisotopic (exact) mass is 394 g/mol. The van der Waals surface area contributed by atoms with Crippen molar-refractivity contribution in [1.82, 2.24) is 19.1 Å². The predicted molar refractivity (Wildman–Crippen MR) is 114 cm³/mol. The molecule has 1 aromatic carbocycles. The summed E-state index contributed by atoms with van der Waals surface area (Å²) in [5.41, 5.74) is 1.99. The second-order valence-electron chi connectivity index (χ2n) is 8.06. The summed E-state index contributed by atoms with van der Waals surface area (Å²) < 4.78 is 9.07. The Bertz CT molecular complexity index is 1060. The fraction of sp³-hybridized carbons (Fsp3) is 0.381. The predicted octanol–water partition coefficient (Wildman–Crippen LogP) is 3.50. The van der Waals surface area contributed by atoms with Gasteiger partial charge in [0.15, 0.2) is 5.65 Å². The van der Waals surface area contributed by atoms with Crippen LogP contribution in [0.4, 0.5) is 0 Å². The lowest BCUT2D eigenvalue weighted by molar-refractivity contribution is 0.0870. The lowest BCUT2D eigenvalue weighted by Crippen LogP contribution is -2.28. The van der Waals surface area contributed by atoms with E-state index in [2.05, 4.69) is 35.5 Å². The first-order valence-electron chi connectivity index (χ1n) is 9.39. The molecule has 0 amide bonds. The number of fused-ring (bicyclic) bond motifs is 1. The molecule has 2 heterocycles. The minimum Gasteiger partial charge on any atom is -0.361 e. The zero-order chi connectivity index (χ0) is 20.3. The molecule has 0 N–H and O–H groups in total. The molecule has 2 aromatic heterocycles. The highest BCUT2D eigenvalue weighted by Crippen LogP contribution is 2.21. The molecule has 146 valence electrons. The highest BCUT2D eigenvalue weighted by molar-refractivity contribution is 6.76. The van der Waals surface area contributed by atoms with Crippen molar-refractivity contribution in [1.29, 1.82) is 0 Å². The van der Waals surface area contributed by atoms with Gasteiger partial charge in [-0.2, -0.15) is 0 Å². The molecule has 0 saturated carbocycles. The molecule has 0 aliphatic carbocycles. The summed E-state index contributed by atoms with van der Waals surface area (Å²) in [6.07, 6.45) is 7.08. The summed E-state index contributed by atoms with van der Waals surface area (Å²) in [7, 11) is -1.20. The van der Waals surface area contributed by atoms with Gasteiger partial charge in [0.2, 0.25) is 5.82 Å². The van der Waals surface area contributed by atoms with Crippen molar-refractivity contribution in [2.75, 3.05) is 6.61 Å². The van der Waals surface area contributed by atoms with Crippen LogP contribution in [0.1, 0.15) is 24.4 Å². The Hall–Kier alpha value is -2.69. The van der Waals surface area contributed by atoms with Crippen molar-refractivity contribution >= 4 is 19.2 Å². The van der Waals surface area contributed by atoms with Crippen molar-refractivity contribution in [3.63, 3.8) is 0 Å². The van der Waals surface area contributed by atoms with Gasteiger partial charge in [0.1, 0.15) is 12.2 Å². The molecule has 0 bridgehead atoms. The molecule has 0 fully saturated rings. The molecule has 0 radical (unpaired) electrons. The van der Waals surface area contributed by atoms with Crippen LogP contribution in [-0.4, -0.2) is 33.8 Å². The second-order valence-corrected chi connectivity index (χ2v) is 13.7. The van der Waals surface area contributed by atoms with Gasteiger partial charge in [-0.1, -0.05) is 50.0 Å². The maximum absolute atomic E-state index is 13.2. The topological polar surface area (TPSA) is 61.9 Å². The van der Waals surface area contributed by atoms with Crippen molar-refractivity contribution < 1.29 is 4.74 Å². The van der Waals surface area contributed by atoms with Gasteiger partial charge in [0, 0.05) is 14.7 Å². The summed E-state index contributed by atoms with van der Waals surface area (Å²) >= 11 is 0. The number of nitrogens with zero attached hydrogens (tertiary/aromatic N) is 4. The lowest BCUT2D eigenvalue weighted by atomic mass is 10.1. The third kappa shape index (κ3) is 4.24. The van der Waals surface area contributed by atoms with Gasteiger partial charge in [-0.05, 0) is 24.5 Å². The number of hydrogen-bond donors (Lipinski definition) is 0. The van der Waals surface area contributed by atoms with Crippen molar-refractivity contribution in [2.45, 2.75) is 45.4 Å². The Labute approximate surface area is 166 Å².